The Morgan fingerprint density at radius 1 is 1.50 bits per heavy atom. The van der Waals surface area contributed by atoms with Crippen LogP contribution in [0.2, 0.25) is 0 Å². The van der Waals surface area contributed by atoms with Gasteiger partial charge in [-0.3, -0.25) is 0 Å². The zero-order valence-electron chi connectivity index (χ0n) is 5.89. The number of rotatable bonds is 4. The molecule has 0 aromatic carbocycles. The summed E-state index contributed by atoms with van der Waals surface area (Å²) in [6, 6.07) is 0. The van der Waals surface area contributed by atoms with Crippen LogP contribution >= 0.6 is 0 Å². The Bertz CT molecular complexity index is 186. The third kappa shape index (κ3) is 4.98. The van der Waals surface area contributed by atoms with Crippen LogP contribution in [0.4, 0.5) is 0 Å². The second-order valence-electron chi connectivity index (χ2n) is 1.96. The van der Waals surface area contributed by atoms with Gasteiger partial charge in [0.2, 0.25) is 6.08 Å². The van der Waals surface area contributed by atoms with Gasteiger partial charge < -0.3 is 0 Å². The lowest BCUT2D eigenvalue weighted by atomic mass is 10.2. The molecule has 0 aromatic rings. The summed E-state index contributed by atoms with van der Waals surface area (Å²) in [6.07, 6.45) is 2.81. The van der Waals surface area contributed by atoms with E-state index in [-0.39, 0.29) is 0 Å². The second kappa shape index (κ2) is 5.96. The highest BCUT2D eigenvalue weighted by atomic mass is 16.1. The van der Waals surface area contributed by atoms with Crippen LogP contribution in [0.25, 0.3) is 0 Å². The van der Waals surface area contributed by atoms with E-state index in [1.165, 1.54) is 6.08 Å². The fraction of sp³-hybridized carbons (Fsp3) is 0.571. The van der Waals surface area contributed by atoms with Crippen LogP contribution in [0.15, 0.2) is 10.6 Å². The summed E-state index contributed by atoms with van der Waals surface area (Å²) in [4.78, 5) is 22.8. The third-order valence-electron chi connectivity index (χ3n) is 1.06. The van der Waals surface area contributed by atoms with Crippen molar-refractivity contribution in [3.63, 3.8) is 0 Å². The van der Waals surface area contributed by atoms with Gasteiger partial charge in [-0.1, -0.05) is 0 Å². The molecule has 0 rings (SSSR count). The van der Waals surface area contributed by atoms with Crippen molar-refractivity contribution >= 4 is 12.0 Å². The molecule has 0 amide bonds. The Morgan fingerprint density at radius 2 is 2.20 bits per heavy atom. The molecule has 3 nitrogen and oxygen atoms in total. The summed E-state index contributed by atoms with van der Waals surface area (Å²) in [7, 11) is 0. The SMILES string of the molecule is CC(=C=O)CCCN=C=O. The average Bonchev–Trinajstić information content (AvgIpc) is 1.98. The van der Waals surface area contributed by atoms with Crippen molar-refractivity contribution < 1.29 is 9.59 Å². The van der Waals surface area contributed by atoms with Crippen molar-refractivity contribution in [2.75, 3.05) is 6.54 Å². The fourth-order valence-corrected chi connectivity index (χ4v) is 0.520. The van der Waals surface area contributed by atoms with Crippen LogP contribution in [0.3, 0.4) is 0 Å². The maximum absolute atomic E-state index is 9.90. The molecule has 0 aliphatic carbocycles. The van der Waals surface area contributed by atoms with Crippen LogP contribution in [0.1, 0.15) is 19.8 Å². The zero-order chi connectivity index (χ0) is 7.82. The standard InChI is InChI=1S/C7H9NO2/c1-7(5-9)3-2-4-8-6-10/h2-4H2,1H3. The predicted octanol–water partition coefficient (Wildman–Crippen LogP) is 0.880. The van der Waals surface area contributed by atoms with Crippen LogP contribution in [-0.2, 0) is 9.59 Å². The van der Waals surface area contributed by atoms with Crippen molar-refractivity contribution in [3.05, 3.63) is 5.57 Å². The van der Waals surface area contributed by atoms with Crippen LogP contribution < -0.4 is 0 Å². The molecule has 0 bridgehead atoms. The van der Waals surface area contributed by atoms with Gasteiger partial charge in [-0.15, -0.1) is 0 Å². The highest BCUT2D eigenvalue weighted by Crippen LogP contribution is 1.98. The molecule has 0 aromatic heterocycles. The Labute approximate surface area is 59.5 Å². The van der Waals surface area contributed by atoms with E-state index in [1.807, 2.05) is 0 Å². The van der Waals surface area contributed by atoms with Crippen molar-refractivity contribution in [2.45, 2.75) is 19.8 Å². The molecular weight excluding hydrogens is 130 g/mol. The molecule has 0 heterocycles. The van der Waals surface area contributed by atoms with E-state index in [4.69, 9.17) is 0 Å². The molecule has 0 aliphatic rings. The molecule has 3 heteroatoms. The van der Waals surface area contributed by atoms with E-state index in [1.54, 1.807) is 12.9 Å². The van der Waals surface area contributed by atoms with Crippen molar-refractivity contribution in [3.8, 4) is 0 Å². The first-order chi connectivity index (χ1) is 4.81. The molecule has 0 saturated carbocycles. The van der Waals surface area contributed by atoms with Gasteiger partial charge in [0.05, 0.1) is 6.54 Å². The van der Waals surface area contributed by atoms with E-state index in [0.29, 0.717) is 18.5 Å². The molecule has 0 unspecified atom stereocenters. The normalized spacial score (nSPS) is 7.70. The van der Waals surface area contributed by atoms with Crippen LogP contribution in [-0.4, -0.2) is 18.6 Å². The summed E-state index contributed by atoms with van der Waals surface area (Å²) in [5.41, 5.74) is 0.668. The Kier molecular flexibility index (Phi) is 5.26. The number of allylic oxidation sites excluding steroid dienone is 1. The zero-order valence-corrected chi connectivity index (χ0v) is 5.89. The minimum absolute atomic E-state index is 0.447. The van der Waals surface area contributed by atoms with E-state index in [0.717, 1.165) is 6.42 Å². The minimum atomic E-state index is 0.447. The second-order valence-corrected chi connectivity index (χ2v) is 1.96. The number of carbonyl (C=O) groups excluding carboxylic acids is 2. The molecule has 0 N–H and O–H groups in total. The molecule has 0 fully saturated rings. The summed E-state index contributed by atoms with van der Waals surface area (Å²) in [5.74, 6) is 1.77. The van der Waals surface area contributed by atoms with Gasteiger partial charge in [0, 0.05) is 5.57 Å². The number of aliphatic imine (C=N–C) groups is 1. The van der Waals surface area contributed by atoms with E-state index >= 15 is 0 Å². The first-order valence-electron chi connectivity index (χ1n) is 3.05. The highest BCUT2D eigenvalue weighted by Gasteiger charge is 1.88. The molecule has 0 atom stereocenters. The lowest BCUT2D eigenvalue weighted by Gasteiger charge is -1.89. The van der Waals surface area contributed by atoms with E-state index in [2.05, 4.69) is 4.99 Å². The topological polar surface area (TPSA) is 46.5 Å². The smallest absolute Gasteiger partial charge is 0.234 e. The first-order valence-corrected chi connectivity index (χ1v) is 3.05. The van der Waals surface area contributed by atoms with Gasteiger partial charge in [0.25, 0.3) is 0 Å². The molecular formula is C7H9NO2. The van der Waals surface area contributed by atoms with Gasteiger partial charge in [-0.05, 0) is 19.8 Å². The number of hydrogen-bond acceptors (Lipinski definition) is 3. The minimum Gasteiger partial charge on any atom is -0.234 e. The first kappa shape index (κ1) is 8.83. The average molecular weight is 139 g/mol. The summed E-state index contributed by atoms with van der Waals surface area (Å²) in [6.45, 7) is 2.15. The maximum Gasteiger partial charge on any atom is 0.234 e. The molecule has 54 valence electrons. The quantitative estimate of drug-likeness (QED) is 0.251. The predicted molar refractivity (Wildman–Crippen MR) is 37.1 cm³/mol. The highest BCUT2D eigenvalue weighted by molar-refractivity contribution is 5.50. The molecule has 0 radical (unpaired) electrons. The van der Waals surface area contributed by atoms with Gasteiger partial charge >= 0.3 is 0 Å². The summed E-state index contributed by atoms with van der Waals surface area (Å²) >= 11 is 0. The van der Waals surface area contributed by atoms with E-state index < -0.39 is 0 Å². The number of nitrogens with zero attached hydrogens (tertiary/aromatic N) is 1. The van der Waals surface area contributed by atoms with Crippen LogP contribution in [0.5, 0.6) is 0 Å². The van der Waals surface area contributed by atoms with Gasteiger partial charge in [0.15, 0.2) is 0 Å². The van der Waals surface area contributed by atoms with Crippen LogP contribution in [0, 0.1) is 0 Å². The lowest BCUT2D eigenvalue weighted by molar-refractivity contribution is 0.562. The molecule has 10 heavy (non-hydrogen) atoms. The number of isocyanates is 1. The van der Waals surface area contributed by atoms with E-state index in [9.17, 15) is 9.59 Å². The Balaban J connectivity index is 3.37. The van der Waals surface area contributed by atoms with Crippen molar-refractivity contribution in [1.29, 1.82) is 0 Å². The molecule has 0 spiro atoms. The number of hydrogen-bond donors (Lipinski definition) is 0. The maximum atomic E-state index is 9.90. The molecule has 0 aliphatic heterocycles. The van der Waals surface area contributed by atoms with Crippen molar-refractivity contribution in [2.24, 2.45) is 4.99 Å². The van der Waals surface area contributed by atoms with Gasteiger partial charge in [0.1, 0.15) is 5.94 Å². The summed E-state index contributed by atoms with van der Waals surface area (Å²) in [5, 5.41) is 0. The molecule has 0 saturated heterocycles. The largest absolute Gasteiger partial charge is 0.234 e. The van der Waals surface area contributed by atoms with Gasteiger partial charge in [-0.2, -0.15) is 0 Å². The Morgan fingerprint density at radius 3 is 2.70 bits per heavy atom. The van der Waals surface area contributed by atoms with Gasteiger partial charge in [-0.25, -0.2) is 14.6 Å². The lowest BCUT2D eigenvalue weighted by Crippen LogP contribution is -1.82. The fourth-order valence-electron chi connectivity index (χ4n) is 0.520. The Hall–Kier alpha value is -1.17. The third-order valence-corrected chi connectivity index (χ3v) is 1.06. The summed E-state index contributed by atoms with van der Waals surface area (Å²) < 4.78 is 0. The monoisotopic (exact) mass is 139 g/mol. The van der Waals surface area contributed by atoms with Crippen molar-refractivity contribution in [1.82, 2.24) is 0 Å².